The zero-order chi connectivity index (χ0) is 14.4. The van der Waals surface area contributed by atoms with Gasteiger partial charge in [0.2, 0.25) is 0 Å². The molecule has 0 radical (unpaired) electrons. The van der Waals surface area contributed by atoms with Crippen molar-refractivity contribution in [3.8, 4) is 5.75 Å². The van der Waals surface area contributed by atoms with Crippen LogP contribution in [0.1, 0.15) is 22.3 Å². The van der Waals surface area contributed by atoms with E-state index in [-0.39, 0.29) is 11.7 Å². The second-order valence-corrected chi connectivity index (χ2v) is 5.67. The average molecular weight is 381 g/mol. The van der Waals surface area contributed by atoms with Gasteiger partial charge in [-0.3, -0.25) is 4.79 Å². The maximum Gasteiger partial charge on any atom is 0.251 e. The summed E-state index contributed by atoms with van der Waals surface area (Å²) in [5.74, 6) is -0.00713. The first-order chi connectivity index (χ1) is 9.66. The predicted molar refractivity (Wildman–Crippen MR) is 87.9 cm³/mol. The van der Waals surface area contributed by atoms with E-state index in [4.69, 9.17) is 0 Å². The maximum atomic E-state index is 11.9. The molecule has 1 amide bonds. The Balaban J connectivity index is 1.79. The first-order valence-corrected chi connectivity index (χ1v) is 7.55. The van der Waals surface area contributed by atoms with Crippen LogP contribution in [0.25, 0.3) is 0 Å². The van der Waals surface area contributed by atoms with E-state index in [2.05, 4.69) is 17.4 Å². The number of halogens is 1. The number of benzene rings is 2. The third-order valence-corrected chi connectivity index (χ3v) is 3.89. The molecule has 0 aliphatic carbocycles. The van der Waals surface area contributed by atoms with Gasteiger partial charge in [-0.15, -0.1) is 0 Å². The zero-order valence-corrected chi connectivity index (χ0v) is 13.1. The topological polar surface area (TPSA) is 49.3 Å². The molecule has 0 aromatic heterocycles. The Morgan fingerprint density at radius 3 is 2.60 bits per heavy atom. The first kappa shape index (κ1) is 14.8. The molecular weight excluding hydrogens is 365 g/mol. The first-order valence-electron chi connectivity index (χ1n) is 6.47. The van der Waals surface area contributed by atoms with E-state index in [1.54, 1.807) is 12.1 Å². The highest BCUT2D eigenvalue weighted by molar-refractivity contribution is 14.1. The van der Waals surface area contributed by atoms with E-state index < -0.39 is 0 Å². The standard InChI is InChI=1S/C16H16INO2/c17-14-9-8-13(11-15(14)19)16(20)18-10-4-7-12-5-2-1-3-6-12/h1-3,5-6,8-9,11,19H,4,7,10H2,(H,18,20). The summed E-state index contributed by atoms with van der Waals surface area (Å²) in [5, 5.41) is 12.4. The van der Waals surface area contributed by atoms with Crippen LogP contribution in [0.5, 0.6) is 5.75 Å². The third kappa shape index (κ3) is 4.23. The number of phenols is 1. The van der Waals surface area contributed by atoms with Crippen LogP contribution in [-0.2, 0) is 6.42 Å². The van der Waals surface area contributed by atoms with Gasteiger partial charge in [-0.2, -0.15) is 0 Å². The molecule has 0 saturated heterocycles. The van der Waals surface area contributed by atoms with Crippen LogP contribution in [0.15, 0.2) is 48.5 Å². The van der Waals surface area contributed by atoms with Crippen molar-refractivity contribution in [2.24, 2.45) is 0 Å². The molecule has 0 saturated carbocycles. The number of nitrogens with one attached hydrogen (secondary N) is 1. The smallest absolute Gasteiger partial charge is 0.251 e. The number of hydrogen-bond acceptors (Lipinski definition) is 2. The molecule has 2 aromatic rings. The van der Waals surface area contributed by atoms with Crippen molar-refractivity contribution in [2.45, 2.75) is 12.8 Å². The molecule has 2 rings (SSSR count). The molecule has 0 aliphatic rings. The van der Waals surface area contributed by atoms with E-state index in [1.807, 2.05) is 40.8 Å². The molecule has 4 heteroatoms. The lowest BCUT2D eigenvalue weighted by Gasteiger charge is -2.06. The predicted octanol–water partition coefficient (Wildman–Crippen LogP) is 3.36. The minimum absolute atomic E-state index is 0.141. The quantitative estimate of drug-likeness (QED) is 0.617. The number of phenolic OH excluding ortho intramolecular Hbond substituents is 1. The highest BCUT2D eigenvalue weighted by Gasteiger charge is 2.07. The maximum absolute atomic E-state index is 11.9. The van der Waals surface area contributed by atoms with Crippen LogP contribution >= 0.6 is 22.6 Å². The Morgan fingerprint density at radius 1 is 1.15 bits per heavy atom. The molecule has 104 valence electrons. The van der Waals surface area contributed by atoms with Crippen LogP contribution in [0.2, 0.25) is 0 Å². The molecule has 0 spiro atoms. The zero-order valence-electron chi connectivity index (χ0n) is 11.0. The molecule has 0 unspecified atom stereocenters. The van der Waals surface area contributed by atoms with Gasteiger partial charge in [0, 0.05) is 12.1 Å². The highest BCUT2D eigenvalue weighted by Crippen LogP contribution is 2.20. The van der Waals surface area contributed by atoms with E-state index in [0.29, 0.717) is 12.1 Å². The minimum Gasteiger partial charge on any atom is -0.507 e. The van der Waals surface area contributed by atoms with Crippen LogP contribution < -0.4 is 5.32 Å². The Morgan fingerprint density at radius 2 is 1.90 bits per heavy atom. The summed E-state index contributed by atoms with van der Waals surface area (Å²) < 4.78 is 0.739. The fraction of sp³-hybridized carbons (Fsp3) is 0.188. The minimum atomic E-state index is -0.148. The molecular formula is C16H16INO2. The van der Waals surface area contributed by atoms with Crippen molar-refractivity contribution < 1.29 is 9.90 Å². The third-order valence-electron chi connectivity index (χ3n) is 2.98. The number of carbonyl (C=O) groups excluding carboxylic acids is 1. The number of carbonyl (C=O) groups is 1. The summed E-state index contributed by atoms with van der Waals surface area (Å²) in [6.07, 6.45) is 1.84. The summed E-state index contributed by atoms with van der Waals surface area (Å²) in [7, 11) is 0. The van der Waals surface area contributed by atoms with E-state index in [1.165, 1.54) is 11.6 Å². The summed E-state index contributed by atoms with van der Waals surface area (Å²) in [6, 6.07) is 15.1. The van der Waals surface area contributed by atoms with Gasteiger partial charge in [0.05, 0.1) is 3.57 Å². The highest BCUT2D eigenvalue weighted by atomic mass is 127. The summed E-state index contributed by atoms with van der Waals surface area (Å²) in [6.45, 7) is 0.625. The van der Waals surface area contributed by atoms with Gasteiger partial charge in [-0.1, -0.05) is 30.3 Å². The largest absolute Gasteiger partial charge is 0.507 e. The van der Waals surface area contributed by atoms with Gasteiger partial charge in [-0.25, -0.2) is 0 Å². The van der Waals surface area contributed by atoms with Crippen LogP contribution in [0.4, 0.5) is 0 Å². The Hall–Kier alpha value is -1.56. The second-order valence-electron chi connectivity index (χ2n) is 4.51. The summed E-state index contributed by atoms with van der Waals surface area (Å²) in [5.41, 5.74) is 1.76. The average Bonchev–Trinajstić information content (AvgIpc) is 2.47. The SMILES string of the molecule is O=C(NCCCc1ccccc1)c1ccc(I)c(O)c1. The number of aromatic hydroxyl groups is 1. The Kier molecular flexibility index (Phi) is 5.40. The molecule has 0 bridgehead atoms. The normalized spacial score (nSPS) is 10.2. The molecule has 0 atom stereocenters. The van der Waals surface area contributed by atoms with Gasteiger partial charge >= 0.3 is 0 Å². The lowest BCUT2D eigenvalue weighted by Crippen LogP contribution is -2.24. The van der Waals surface area contributed by atoms with Crippen LogP contribution in [-0.4, -0.2) is 17.6 Å². The Bertz CT molecular complexity index is 584. The van der Waals surface area contributed by atoms with Crippen LogP contribution in [0.3, 0.4) is 0 Å². The number of rotatable bonds is 5. The van der Waals surface area contributed by atoms with Crippen molar-refractivity contribution in [1.29, 1.82) is 0 Å². The van der Waals surface area contributed by atoms with Gasteiger partial charge in [0.15, 0.2) is 0 Å². The number of aryl methyl sites for hydroxylation is 1. The van der Waals surface area contributed by atoms with Crippen molar-refractivity contribution in [1.82, 2.24) is 5.32 Å². The number of amides is 1. The molecule has 2 aromatic carbocycles. The second kappa shape index (κ2) is 7.28. The van der Waals surface area contributed by atoms with E-state index in [0.717, 1.165) is 16.4 Å². The lowest BCUT2D eigenvalue weighted by atomic mass is 10.1. The van der Waals surface area contributed by atoms with Crippen molar-refractivity contribution >= 4 is 28.5 Å². The van der Waals surface area contributed by atoms with Gasteiger partial charge in [0.1, 0.15) is 5.75 Å². The molecule has 2 N–H and O–H groups in total. The van der Waals surface area contributed by atoms with E-state index in [9.17, 15) is 9.90 Å². The van der Waals surface area contributed by atoms with Gasteiger partial charge < -0.3 is 10.4 Å². The van der Waals surface area contributed by atoms with Crippen molar-refractivity contribution in [3.63, 3.8) is 0 Å². The number of hydrogen-bond donors (Lipinski definition) is 2. The molecule has 0 aliphatic heterocycles. The monoisotopic (exact) mass is 381 g/mol. The van der Waals surface area contributed by atoms with E-state index >= 15 is 0 Å². The van der Waals surface area contributed by atoms with Crippen LogP contribution in [0, 0.1) is 3.57 Å². The van der Waals surface area contributed by atoms with Gasteiger partial charge in [0.25, 0.3) is 5.91 Å². The molecule has 20 heavy (non-hydrogen) atoms. The molecule has 0 heterocycles. The summed E-state index contributed by atoms with van der Waals surface area (Å²) >= 11 is 2.02. The molecule has 3 nitrogen and oxygen atoms in total. The fourth-order valence-electron chi connectivity index (χ4n) is 1.90. The van der Waals surface area contributed by atoms with Crippen molar-refractivity contribution in [2.75, 3.05) is 6.54 Å². The fourth-order valence-corrected chi connectivity index (χ4v) is 2.23. The summed E-state index contributed by atoms with van der Waals surface area (Å²) in [4.78, 5) is 11.9. The van der Waals surface area contributed by atoms with Gasteiger partial charge in [-0.05, 0) is 59.2 Å². The molecule has 0 fully saturated rings. The lowest BCUT2D eigenvalue weighted by molar-refractivity contribution is 0.0953. The Labute approximate surface area is 132 Å². The van der Waals surface area contributed by atoms with Crippen molar-refractivity contribution in [3.05, 3.63) is 63.2 Å².